The lowest BCUT2D eigenvalue weighted by molar-refractivity contribution is -0.118. The zero-order valence-corrected chi connectivity index (χ0v) is 11.8. The zero-order valence-electron chi connectivity index (χ0n) is 11.0. The summed E-state index contributed by atoms with van der Waals surface area (Å²) in [5.74, 6) is -0.281. The molecule has 0 spiro atoms. The summed E-state index contributed by atoms with van der Waals surface area (Å²) in [5.41, 5.74) is 6.23. The molecule has 0 unspecified atom stereocenters. The summed E-state index contributed by atoms with van der Waals surface area (Å²) >= 11 is 0. The zero-order chi connectivity index (χ0) is 13.3. The Balaban J connectivity index is 0.00000180. The van der Waals surface area contributed by atoms with Crippen LogP contribution >= 0.6 is 12.4 Å². The molecule has 0 aliphatic heterocycles. The lowest BCUT2D eigenvalue weighted by atomic mass is 10.1. The molecule has 1 fully saturated rings. The third-order valence-corrected chi connectivity index (χ3v) is 3.01. The van der Waals surface area contributed by atoms with Crippen LogP contribution in [0.2, 0.25) is 0 Å². The van der Waals surface area contributed by atoms with Crippen LogP contribution < -0.4 is 11.1 Å². The highest BCUT2D eigenvalue weighted by molar-refractivity contribution is 6.01. The first-order valence-corrected chi connectivity index (χ1v) is 5.84. The van der Waals surface area contributed by atoms with Crippen LogP contribution in [0.5, 0.6) is 0 Å². The SMILES string of the molecule is CN(C)C(=O)c1cccc(NC(=O)C2(N)CC2)c1.Cl. The van der Waals surface area contributed by atoms with Gasteiger partial charge in [-0.05, 0) is 31.0 Å². The molecule has 104 valence electrons. The summed E-state index contributed by atoms with van der Waals surface area (Å²) < 4.78 is 0. The van der Waals surface area contributed by atoms with Crippen molar-refractivity contribution in [3.8, 4) is 0 Å². The van der Waals surface area contributed by atoms with E-state index in [1.165, 1.54) is 4.90 Å². The molecule has 0 aromatic heterocycles. The number of benzene rings is 1. The molecule has 1 aromatic rings. The van der Waals surface area contributed by atoms with Gasteiger partial charge in [-0.2, -0.15) is 0 Å². The Morgan fingerprint density at radius 1 is 1.32 bits per heavy atom. The molecule has 1 saturated carbocycles. The average Bonchev–Trinajstić information content (AvgIpc) is 3.08. The van der Waals surface area contributed by atoms with Gasteiger partial charge in [0.1, 0.15) is 0 Å². The molecule has 2 amide bonds. The Hall–Kier alpha value is -1.59. The van der Waals surface area contributed by atoms with Crippen LogP contribution in [0.4, 0.5) is 5.69 Å². The fraction of sp³-hybridized carbons (Fsp3) is 0.385. The van der Waals surface area contributed by atoms with Crippen molar-refractivity contribution in [1.29, 1.82) is 0 Å². The van der Waals surface area contributed by atoms with Crippen LogP contribution in [0.1, 0.15) is 23.2 Å². The van der Waals surface area contributed by atoms with E-state index in [0.29, 0.717) is 11.3 Å². The third kappa shape index (κ3) is 3.45. The minimum atomic E-state index is -0.707. The van der Waals surface area contributed by atoms with Crippen molar-refractivity contribution in [1.82, 2.24) is 4.90 Å². The number of rotatable bonds is 3. The molecule has 0 saturated heterocycles. The second-order valence-electron chi connectivity index (χ2n) is 4.89. The second kappa shape index (κ2) is 5.59. The molecular weight excluding hydrogens is 266 g/mol. The van der Waals surface area contributed by atoms with E-state index in [1.54, 1.807) is 38.4 Å². The van der Waals surface area contributed by atoms with Gasteiger partial charge in [-0.1, -0.05) is 6.07 Å². The Bertz CT molecular complexity index is 498. The van der Waals surface area contributed by atoms with Crippen molar-refractivity contribution < 1.29 is 9.59 Å². The van der Waals surface area contributed by atoms with Gasteiger partial charge in [-0.15, -0.1) is 12.4 Å². The number of nitrogens with one attached hydrogen (secondary N) is 1. The molecule has 2 rings (SSSR count). The molecule has 0 radical (unpaired) electrons. The topological polar surface area (TPSA) is 75.4 Å². The summed E-state index contributed by atoms with van der Waals surface area (Å²) in [4.78, 5) is 25.1. The molecule has 0 heterocycles. The van der Waals surface area contributed by atoms with Crippen molar-refractivity contribution in [2.45, 2.75) is 18.4 Å². The summed E-state index contributed by atoms with van der Waals surface area (Å²) in [6, 6.07) is 6.86. The predicted octanol–water partition coefficient (Wildman–Crippen LogP) is 1.24. The van der Waals surface area contributed by atoms with Crippen molar-refractivity contribution >= 4 is 29.9 Å². The van der Waals surface area contributed by atoms with Gasteiger partial charge in [0.15, 0.2) is 0 Å². The van der Waals surface area contributed by atoms with Crippen LogP contribution in [0.15, 0.2) is 24.3 Å². The molecule has 0 atom stereocenters. The van der Waals surface area contributed by atoms with E-state index in [1.807, 2.05) is 0 Å². The number of nitrogens with two attached hydrogens (primary N) is 1. The first-order valence-electron chi connectivity index (χ1n) is 5.84. The predicted molar refractivity (Wildman–Crippen MR) is 76.5 cm³/mol. The fourth-order valence-corrected chi connectivity index (χ4v) is 1.61. The van der Waals surface area contributed by atoms with Crippen molar-refractivity contribution in [2.24, 2.45) is 5.73 Å². The highest BCUT2D eigenvalue weighted by Gasteiger charge is 2.45. The van der Waals surface area contributed by atoms with Gasteiger partial charge in [0.05, 0.1) is 5.54 Å². The van der Waals surface area contributed by atoms with E-state index in [9.17, 15) is 9.59 Å². The van der Waals surface area contributed by atoms with Gasteiger partial charge < -0.3 is 16.0 Å². The fourth-order valence-electron chi connectivity index (χ4n) is 1.61. The van der Waals surface area contributed by atoms with Gasteiger partial charge in [0.2, 0.25) is 5.91 Å². The highest BCUT2D eigenvalue weighted by Crippen LogP contribution is 2.33. The van der Waals surface area contributed by atoms with Crippen LogP contribution in [0.25, 0.3) is 0 Å². The Kier molecular flexibility index (Phi) is 4.55. The van der Waals surface area contributed by atoms with Gasteiger partial charge >= 0.3 is 0 Å². The van der Waals surface area contributed by atoms with Crippen molar-refractivity contribution in [3.05, 3.63) is 29.8 Å². The van der Waals surface area contributed by atoms with Crippen LogP contribution in [-0.4, -0.2) is 36.3 Å². The third-order valence-electron chi connectivity index (χ3n) is 3.01. The quantitative estimate of drug-likeness (QED) is 0.876. The maximum absolute atomic E-state index is 11.8. The minimum Gasteiger partial charge on any atom is -0.345 e. The van der Waals surface area contributed by atoms with E-state index in [0.717, 1.165) is 12.8 Å². The van der Waals surface area contributed by atoms with Crippen LogP contribution in [0, 0.1) is 0 Å². The van der Waals surface area contributed by atoms with Gasteiger partial charge in [-0.25, -0.2) is 0 Å². The summed E-state index contributed by atoms with van der Waals surface area (Å²) in [5, 5.41) is 2.74. The lowest BCUT2D eigenvalue weighted by Crippen LogP contribution is -2.37. The van der Waals surface area contributed by atoms with Crippen LogP contribution in [0.3, 0.4) is 0 Å². The molecule has 1 aromatic carbocycles. The van der Waals surface area contributed by atoms with Crippen LogP contribution in [-0.2, 0) is 4.79 Å². The number of halogens is 1. The van der Waals surface area contributed by atoms with Gasteiger partial charge in [0, 0.05) is 25.3 Å². The summed E-state index contributed by atoms with van der Waals surface area (Å²) in [6.07, 6.45) is 1.43. The smallest absolute Gasteiger partial charge is 0.253 e. The number of hydrogen-bond donors (Lipinski definition) is 2. The lowest BCUT2D eigenvalue weighted by Gasteiger charge is -2.13. The first kappa shape index (κ1) is 15.5. The number of carbonyl (C=O) groups excluding carboxylic acids is 2. The van der Waals surface area contributed by atoms with E-state index >= 15 is 0 Å². The maximum atomic E-state index is 11.8. The Morgan fingerprint density at radius 2 is 1.95 bits per heavy atom. The standard InChI is InChI=1S/C13H17N3O2.ClH/c1-16(2)11(17)9-4-3-5-10(8-9)15-12(18)13(14)6-7-13;/h3-5,8H,6-7,14H2,1-2H3,(H,15,18);1H. The minimum absolute atomic E-state index is 0. The largest absolute Gasteiger partial charge is 0.345 e. The number of anilines is 1. The molecular formula is C13H18ClN3O2. The maximum Gasteiger partial charge on any atom is 0.253 e. The molecule has 1 aliphatic rings. The number of carbonyl (C=O) groups is 2. The Morgan fingerprint density at radius 3 is 2.47 bits per heavy atom. The number of amides is 2. The van der Waals surface area contributed by atoms with Crippen molar-refractivity contribution in [3.63, 3.8) is 0 Å². The van der Waals surface area contributed by atoms with E-state index in [4.69, 9.17) is 5.73 Å². The molecule has 19 heavy (non-hydrogen) atoms. The van der Waals surface area contributed by atoms with Gasteiger partial charge in [0.25, 0.3) is 5.91 Å². The number of nitrogens with zero attached hydrogens (tertiary/aromatic N) is 1. The Labute approximate surface area is 118 Å². The normalized spacial score (nSPS) is 15.1. The number of hydrogen-bond acceptors (Lipinski definition) is 3. The molecule has 5 nitrogen and oxygen atoms in total. The molecule has 6 heteroatoms. The average molecular weight is 284 g/mol. The second-order valence-corrected chi connectivity index (χ2v) is 4.89. The first-order chi connectivity index (χ1) is 8.42. The highest BCUT2D eigenvalue weighted by atomic mass is 35.5. The summed E-state index contributed by atoms with van der Waals surface area (Å²) in [7, 11) is 3.37. The molecule has 3 N–H and O–H groups in total. The van der Waals surface area contributed by atoms with E-state index < -0.39 is 5.54 Å². The molecule has 1 aliphatic carbocycles. The van der Waals surface area contributed by atoms with E-state index in [2.05, 4.69) is 5.32 Å². The van der Waals surface area contributed by atoms with E-state index in [-0.39, 0.29) is 24.2 Å². The van der Waals surface area contributed by atoms with Gasteiger partial charge in [-0.3, -0.25) is 9.59 Å². The summed E-state index contributed by atoms with van der Waals surface area (Å²) in [6.45, 7) is 0. The molecule has 0 bridgehead atoms. The monoisotopic (exact) mass is 283 g/mol. The van der Waals surface area contributed by atoms with Crippen molar-refractivity contribution in [2.75, 3.05) is 19.4 Å².